The van der Waals surface area contributed by atoms with E-state index in [4.69, 9.17) is 0 Å². The topological polar surface area (TPSA) is 53.9 Å². The zero-order valence-corrected chi connectivity index (χ0v) is 15.5. The molecule has 0 aromatic carbocycles. The molecule has 0 radical (unpaired) electrons. The fraction of sp³-hybridized carbons (Fsp3) is 0.421. The first-order chi connectivity index (χ1) is 12.2. The fourth-order valence-electron chi connectivity index (χ4n) is 3.52. The number of nitrogens with zero attached hydrogens (tertiary/aromatic N) is 4. The second-order valence-corrected chi connectivity index (χ2v) is 7.93. The van der Waals surface area contributed by atoms with Crippen molar-refractivity contribution in [2.75, 3.05) is 18.4 Å². The van der Waals surface area contributed by atoms with Gasteiger partial charge in [0.05, 0.1) is 11.1 Å². The van der Waals surface area contributed by atoms with Crippen LogP contribution >= 0.6 is 11.3 Å². The highest BCUT2D eigenvalue weighted by molar-refractivity contribution is 7.18. The van der Waals surface area contributed by atoms with Crippen LogP contribution < -0.4 is 5.32 Å². The quantitative estimate of drug-likeness (QED) is 0.773. The van der Waals surface area contributed by atoms with Gasteiger partial charge in [0.25, 0.3) is 0 Å². The van der Waals surface area contributed by atoms with Crippen molar-refractivity contribution in [3.63, 3.8) is 0 Å². The van der Waals surface area contributed by atoms with Crippen LogP contribution in [0.15, 0.2) is 30.7 Å². The van der Waals surface area contributed by atoms with Crippen LogP contribution in [0.25, 0.3) is 10.2 Å². The van der Waals surface area contributed by atoms with E-state index in [0.717, 1.165) is 36.0 Å². The molecule has 0 spiro atoms. The molecular weight excluding hydrogens is 330 g/mol. The van der Waals surface area contributed by atoms with Crippen molar-refractivity contribution in [2.45, 2.75) is 39.3 Å². The van der Waals surface area contributed by atoms with E-state index in [0.29, 0.717) is 6.04 Å². The van der Waals surface area contributed by atoms with E-state index < -0.39 is 0 Å². The van der Waals surface area contributed by atoms with E-state index in [9.17, 15) is 0 Å². The molecule has 1 saturated heterocycles. The Labute approximate surface area is 152 Å². The summed E-state index contributed by atoms with van der Waals surface area (Å²) >= 11 is 1.75. The van der Waals surface area contributed by atoms with Crippen molar-refractivity contribution in [3.05, 3.63) is 46.9 Å². The van der Waals surface area contributed by atoms with Gasteiger partial charge in [-0.2, -0.15) is 0 Å². The Balaban J connectivity index is 1.49. The molecule has 1 aliphatic heterocycles. The molecule has 5 nitrogen and oxygen atoms in total. The Morgan fingerprint density at radius 2 is 2.16 bits per heavy atom. The lowest BCUT2D eigenvalue weighted by Gasteiger charge is -2.33. The number of hydrogen-bond donors (Lipinski definition) is 1. The molecule has 130 valence electrons. The molecule has 1 atom stereocenters. The van der Waals surface area contributed by atoms with Crippen LogP contribution in [0.4, 0.5) is 5.82 Å². The molecule has 0 amide bonds. The van der Waals surface area contributed by atoms with Gasteiger partial charge in [-0.3, -0.25) is 9.88 Å². The number of anilines is 1. The molecule has 0 aliphatic carbocycles. The Hall–Kier alpha value is -2.05. The van der Waals surface area contributed by atoms with Crippen LogP contribution in [0.5, 0.6) is 0 Å². The maximum atomic E-state index is 4.54. The Morgan fingerprint density at radius 3 is 3.00 bits per heavy atom. The van der Waals surface area contributed by atoms with Gasteiger partial charge in [-0.25, -0.2) is 9.97 Å². The minimum Gasteiger partial charge on any atom is -0.365 e. The lowest BCUT2D eigenvalue weighted by atomic mass is 10.0. The number of rotatable bonds is 4. The third-order valence-corrected chi connectivity index (χ3v) is 6.04. The molecule has 6 heteroatoms. The van der Waals surface area contributed by atoms with Gasteiger partial charge in [0, 0.05) is 30.2 Å². The number of aryl methyl sites for hydroxylation is 2. The molecule has 1 aliphatic rings. The lowest BCUT2D eigenvalue weighted by Crippen LogP contribution is -2.41. The summed E-state index contributed by atoms with van der Waals surface area (Å²) < 4.78 is 0. The molecule has 4 rings (SSSR count). The van der Waals surface area contributed by atoms with E-state index in [1.54, 1.807) is 17.7 Å². The lowest BCUT2D eigenvalue weighted by molar-refractivity contribution is 0.206. The number of pyridine rings is 1. The van der Waals surface area contributed by atoms with Crippen molar-refractivity contribution in [1.82, 2.24) is 19.9 Å². The Kier molecular flexibility index (Phi) is 4.63. The van der Waals surface area contributed by atoms with Crippen molar-refractivity contribution in [1.29, 1.82) is 0 Å². The number of aromatic nitrogens is 3. The van der Waals surface area contributed by atoms with Crippen LogP contribution in [0.2, 0.25) is 0 Å². The van der Waals surface area contributed by atoms with Gasteiger partial charge >= 0.3 is 0 Å². The first-order valence-corrected chi connectivity index (χ1v) is 9.62. The van der Waals surface area contributed by atoms with Crippen molar-refractivity contribution in [3.8, 4) is 0 Å². The molecule has 0 unspecified atom stereocenters. The summed E-state index contributed by atoms with van der Waals surface area (Å²) in [5.74, 6) is 0.983. The van der Waals surface area contributed by atoms with E-state index in [-0.39, 0.29) is 0 Å². The standard InChI is InChI=1S/C19H23N5S/c1-13-14(2)25-19-17(13)18(21-12-22-19)23-16-7-5-9-24(11-16)10-15-6-3-4-8-20-15/h3-4,6,8,12,16H,5,7,9-11H2,1-2H3,(H,21,22,23)/t16-/m1/s1. The highest BCUT2D eigenvalue weighted by Gasteiger charge is 2.22. The molecule has 1 fully saturated rings. The largest absolute Gasteiger partial charge is 0.365 e. The number of fused-ring (bicyclic) bond motifs is 1. The highest BCUT2D eigenvalue weighted by atomic mass is 32.1. The minimum atomic E-state index is 0.412. The summed E-state index contributed by atoms with van der Waals surface area (Å²) in [6, 6.07) is 6.54. The monoisotopic (exact) mass is 353 g/mol. The first kappa shape index (κ1) is 16.4. The molecule has 4 heterocycles. The number of nitrogens with one attached hydrogen (secondary N) is 1. The predicted molar refractivity (Wildman–Crippen MR) is 103 cm³/mol. The van der Waals surface area contributed by atoms with E-state index in [1.165, 1.54) is 28.7 Å². The van der Waals surface area contributed by atoms with E-state index in [1.807, 2.05) is 12.3 Å². The van der Waals surface area contributed by atoms with Crippen molar-refractivity contribution in [2.24, 2.45) is 0 Å². The number of likely N-dealkylation sites (tertiary alicyclic amines) is 1. The van der Waals surface area contributed by atoms with E-state index >= 15 is 0 Å². The molecular formula is C19H23N5S. The third-order valence-electron chi connectivity index (χ3n) is 4.92. The average Bonchev–Trinajstić information content (AvgIpc) is 2.91. The van der Waals surface area contributed by atoms with Crippen LogP contribution in [0, 0.1) is 13.8 Å². The molecule has 0 saturated carbocycles. The highest BCUT2D eigenvalue weighted by Crippen LogP contribution is 2.33. The second-order valence-electron chi connectivity index (χ2n) is 6.73. The second kappa shape index (κ2) is 7.06. The average molecular weight is 353 g/mol. The number of hydrogen-bond acceptors (Lipinski definition) is 6. The summed E-state index contributed by atoms with van der Waals surface area (Å²) in [4.78, 5) is 18.3. The Morgan fingerprint density at radius 1 is 1.24 bits per heavy atom. The number of piperidine rings is 1. The van der Waals surface area contributed by atoms with Gasteiger partial charge in [-0.1, -0.05) is 6.07 Å². The van der Waals surface area contributed by atoms with Gasteiger partial charge in [-0.15, -0.1) is 11.3 Å². The van der Waals surface area contributed by atoms with E-state index in [2.05, 4.69) is 51.1 Å². The SMILES string of the molecule is Cc1sc2ncnc(N[C@@H]3CCCN(Cc4ccccn4)C3)c2c1C. The molecule has 25 heavy (non-hydrogen) atoms. The van der Waals surface area contributed by atoms with Crippen LogP contribution in [-0.2, 0) is 6.54 Å². The zero-order valence-electron chi connectivity index (χ0n) is 14.7. The summed E-state index contributed by atoms with van der Waals surface area (Å²) in [6.07, 6.45) is 5.91. The normalized spacial score (nSPS) is 18.6. The van der Waals surface area contributed by atoms with Crippen LogP contribution in [-0.4, -0.2) is 39.0 Å². The Bertz CT molecular complexity index is 861. The number of thiophene rings is 1. The minimum absolute atomic E-state index is 0.412. The maximum absolute atomic E-state index is 4.54. The van der Waals surface area contributed by atoms with Gasteiger partial charge in [-0.05, 0) is 50.9 Å². The van der Waals surface area contributed by atoms with Crippen molar-refractivity contribution < 1.29 is 0 Å². The van der Waals surface area contributed by atoms with Crippen LogP contribution in [0.1, 0.15) is 29.0 Å². The first-order valence-electron chi connectivity index (χ1n) is 8.80. The molecule has 3 aromatic rings. The van der Waals surface area contributed by atoms with Gasteiger partial charge in [0.1, 0.15) is 17.0 Å². The summed E-state index contributed by atoms with van der Waals surface area (Å²) in [5, 5.41) is 4.87. The summed E-state index contributed by atoms with van der Waals surface area (Å²) in [7, 11) is 0. The molecule has 1 N–H and O–H groups in total. The summed E-state index contributed by atoms with van der Waals surface area (Å²) in [6.45, 7) is 7.38. The third kappa shape index (κ3) is 3.50. The molecule has 0 bridgehead atoms. The molecule has 3 aromatic heterocycles. The maximum Gasteiger partial charge on any atom is 0.138 e. The van der Waals surface area contributed by atoms with Crippen molar-refractivity contribution >= 4 is 27.4 Å². The summed E-state index contributed by atoms with van der Waals surface area (Å²) in [5.41, 5.74) is 2.43. The van der Waals surface area contributed by atoms with Crippen LogP contribution in [0.3, 0.4) is 0 Å². The zero-order chi connectivity index (χ0) is 17.2. The van der Waals surface area contributed by atoms with Gasteiger partial charge in [0.2, 0.25) is 0 Å². The smallest absolute Gasteiger partial charge is 0.138 e. The predicted octanol–water partition coefficient (Wildman–Crippen LogP) is 3.78. The van der Waals surface area contributed by atoms with Gasteiger partial charge in [0.15, 0.2) is 0 Å². The van der Waals surface area contributed by atoms with Gasteiger partial charge < -0.3 is 5.32 Å². The fourth-order valence-corrected chi connectivity index (χ4v) is 4.52.